The monoisotopic (exact) mass is 303 g/mol. The van der Waals surface area contributed by atoms with Crippen molar-refractivity contribution in [1.29, 1.82) is 0 Å². The van der Waals surface area contributed by atoms with Crippen molar-refractivity contribution in [3.63, 3.8) is 0 Å². The summed E-state index contributed by atoms with van der Waals surface area (Å²) in [6.07, 6.45) is 0. The first-order valence-corrected chi connectivity index (χ1v) is 7.10. The standard InChI is InChI=1S/C16H15ClFN3/c1-19-9-15-13-4-2-3-5-16(13)21(20-15)10-11-8-12(17)6-7-14(11)18/h2-8,19H,9-10H2,1H3. The molecular formula is C16H15ClFN3. The van der Waals surface area contributed by atoms with Crippen LogP contribution in [-0.4, -0.2) is 16.8 Å². The molecule has 0 fully saturated rings. The number of rotatable bonds is 4. The molecule has 5 heteroatoms. The number of para-hydroxylation sites is 1. The van der Waals surface area contributed by atoms with Crippen LogP contribution < -0.4 is 5.32 Å². The van der Waals surface area contributed by atoms with Crippen LogP contribution in [0.25, 0.3) is 10.9 Å². The van der Waals surface area contributed by atoms with Gasteiger partial charge >= 0.3 is 0 Å². The van der Waals surface area contributed by atoms with Crippen LogP contribution in [0.5, 0.6) is 0 Å². The van der Waals surface area contributed by atoms with Gasteiger partial charge in [0.2, 0.25) is 0 Å². The van der Waals surface area contributed by atoms with Crippen molar-refractivity contribution >= 4 is 22.5 Å². The molecule has 0 unspecified atom stereocenters. The lowest BCUT2D eigenvalue weighted by Gasteiger charge is -2.06. The van der Waals surface area contributed by atoms with Gasteiger partial charge in [0, 0.05) is 22.5 Å². The van der Waals surface area contributed by atoms with E-state index in [1.54, 1.807) is 12.1 Å². The van der Waals surface area contributed by atoms with Crippen LogP contribution in [0.4, 0.5) is 4.39 Å². The van der Waals surface area contributed by atoms with Crippen molar-refractivity contribution in [2.75, 3.05) is 7.05 Å². The SMILES string of the molecule is CNCc1nn(Cc2cc(Cl)ccc2F)c2ccccc12. The number of hydrogen-bond donors (Lipinski definition) is 1. The molecule has 3 rings (SSSR count). The maximum atomic E-state index is 13.9. The van der Waals surface area contributed by atoms with Gasteiger partial charge in [-0.2, -0.15) is 5.10 Å². The molecule has 1 aromatic heterocycles. The minimum absolute atomic E-state index is 0.269. The molecule has 0 radical (unpaired) electrons. The quantitative estimate of drug-likeness (QED) is 0.798. The van der Waals surface area contributed by atoms with Gasteiger partial charge in [-0.3, -0.25) is 4.68 Å². The minimum atomic E-state index is -0.269. The Morgan fingerprint density at radius 1 is 1.24 bits per heavy atom. The van der Waals surface area contributed by atoms with E-state index in [0.717, 1.165) is 16.6 Å². The van der Waals surface area contributed by atoms with E-state index in [1.165, 1.54) is 6.07 Å². The van der Waals surface area contributed by atoms with E-state index in [2.05, 4.69) is 10.4 Å². The van der Waals surface area contributed by atoms with Crippen molar-refractivity contribution < 1.29 is 4.39 Å². The number of aromatic nitrogens is 2. The van der Waals surface area contributed by atoms with Gasteiger partial charge in [0.1, 0.15) is 5.82 Å². The zero-order valence-corrected chi connectivity index (χ0v) is 12.4. The van der Waals surface area contributed by atoms with E-state index in [4.69, 9.17) is 11.6 Å². The lowest BCUT2D eigenvalue weighted by atomic mass is 10.2. The largest absolute Gasteiger partial charge is 0.314 e. The van der Waals surface area contributed by atoms with Gasteiger partial charge in [0.15, 0.2) is 0 Å². The average molecular weight is 304 g/mol. The highest BCUT2D eigenvalue weighted by molar-refractivity contribution is 6.30. The van der Waals surface area contributed by atoms with E-state index >= 15 is 0 Å². The van der Waals surface area contributed by atoms with E-state index in [1.807, 2.05) is 36.0 Å². The molecule has 0 bridgehead atoms. The first kappa shape index (κ1) is 14.0. The van der Waals surface area contributed by atoms with Crippen molar-refractivity contribution in [3.05, 3.63) is 64.6 Å². The van der Waals surface area contributed by atoms with Crippen LogP contribution in [0, 0.1) is 5.82 Å². The number of hydrogen-bond acceptors (Lipinski definition) is 2. The van der Waals surface area contributed by atoms with Gasteiger partial charge in [-0.05, 0) is 31.3 Å². The highest BCUT2D eigenvalue weighted by Crippen LogP contribution is 2.21. The van der Waals surface area contributed by atoms with Crippen molar-refractivity contribution in [2.45, 2.75) is 13.1 Å². The molecule has 3 nitrogen and oxygen atoms in total. The third-order valence-corrected chi connectivity index (χ3v) is 3.64. The second-order valence-corrected chi connectivity index (χ2v) is 5.32. The fourth-order valence-corrected chi connectivity index (χ4v) is 2.64. The molecular weight excluding hydrogens is 289 g/mol. The summed E-state index contributed by atoms with van der Waals surface area (Å²) in [5.41, 5.74) is 2.48. The zero-order chi connectivity index (χ0) is 14.8. The first-order valence-electron chi connectivity index (χ1n) is 6.72. The molecule has 0 spiro atoms. The third kappa shape index (κ3) is 2.77. The molecule has 1 N–H and O–H groups in total. The second-order valence-electron chi connectivity index (χ2n) is 4.89. The van der Waals surface area contributed by atoms with Crippen LogP contribution in [0.15, 0.2) is 42.5 Å². The lowest BCUT2D eigenvalue weighted by Crippen LogP contribution is -2.08. The maximum absolute atomic E-state index is 13.9. The summed E-state index contributed by atoms with van der Waals surface area (Å²) in [5.74, 6) is -0.269. The Morgan fingerprint density at radius 3 is 2.86 bits per heavy atom. The van der Waals surface area contributed by atoms with E-state index < -0.39 is 0 Å². The van der Waals surface area contributed by atoms with E-state index in [9.17, 15) is 4.39 Å². The Kier molecular flexibility index (Phi) is 3.90. The van der Waals surface area contributed by atoms with Crippen LogP contribution in [0.3, 0.4) is 0 Å². The summed E-state index contributed by atoms with van der Waals surface area (Å²) in [7, 11) is 1.88. The van der Waals surface area contributed by atoms with Crippen molar-refractivity contribution in [3.8, 4) is 0 Å². The summed E-state index contributed by atoms with van der Waals surface area (Å²) in [5, 5.41) is 9.30. The highest BCUT2D eigenvalue weighted by atomic mass is 35.5. The fourth-order valence-electron chi connectivity index (χ4n) is 2.44. The molecule has 0 saturated carbocycles. The zero-order valence-electron chi connectivity index (χ0n) is 11.6. The Balaban J connectivity index is 2.06. The molecule has 0 aliphatic carbocycles. The Morgan fingerprint density at radius 2 is 2.05 bits per heavy atom. The van der Waals surface area contributed by atoms with Crippen LogP contribution in [0.1, 0.15) is 11.3 Å². The molecule has 1 heterocycles. The van der Waals surface area contributed by atoms with Crippen molar-refractivity contribution in [1.82, 2.24) is 15.1 Å². The molecule has 0 aliphatic heterocycles. The van der Waals surface area contributed by atoms with Gasteiger partial charge in [0.25, 0.3) is 0 Å². The maximum Gasteiger partial charge on any atom is 0.128 e. The molecule has 0 amide bonds. The van der Waals surface area contributed by atoms with Crippen LogP contribution in [0.2, 0.25) is 5.02 Å². The van der Waals surface area contributed by atoms with E-state index in [-0.39, 0.29) is 5.82 Å². The van der Waals surface area contributed by atoms with E-state index in [0.29, 0.717) is 23.7 Å². The molecule has 0 saturated heterocycles. The number of nitrogens with zero attached hydrogens (tertiary/aromatic N) is 2. The van der Waals surface area contributed by atoms with Gasteiger partial charge in [-0.1, -0.05) is 29.8 Å². The summed E-state index contributed by atoms with van der Waals surface area (Å²) in [4.78, 5) is 0. The first-order chi connectivity index (χ1) is 10.2. The van der Waals surface area contributed by atoms with Gasteiger partial charge in [-0.15, -0.1) is 0 Å². The van der Waals surface area contributed by atoms with Gasteiger partial charge < -0.3 is 5.32 Å². The molecule has 0 atom stereocenters. The van der Waals surface area contributed by atoms with Gasteiger partial charge in [0.05, 0.1) is 17.8 Å². The van der Waals surface area contributed by atoms with Crippen molar-refractivity contribution in [2.24, 2.45) is 0 Å². The highest BCUT2D eigenvalue weighted by Gasteiger charge is 2.11. The molecule has 108 valence electrons. The predicted molar refractivity (Wildman–Crippen MR) is 83.0 cm³/mol. The molecule has 2 aromatic carbocycles. The Bertz CT molecular complexity index is 782. The third-order valence-electron chi connectivity index (χ3n) is 3.41. The van der Waals surface area contributed by atoms with Crippen LogP contribution in [-0.2, 0) is 13.1 Å². The summed E-state index contributed by atoms with van der Waals surface area (Å²) >= 11 is 5.95. The number of benzene rings is 2. The molecule has 3 aromatic rings. The Hall–Kier alpha value is -1.91. The molecule has 21 heavy (non-hydrogen) atoms. The molecule has 0 aliphatic rings. The number of halogens is 2. The topological polar surface area (TPSA) is 29.9 Å². The summed E-state index contributed by atoms with van der Waals surface area (Å²) in [6.45, 7) is 1.03. The number of nitrogens with one attached hydrogen (secondary N) is 1. The summed E-state index contributed by atoms with van der Waals surface area (Å²) < 4.78 is 15.7. The average Bonchev–Trinajstić information content (AvgIpc) is 2.82. The minimum Gasteiger partial charge on any atom is -0.314 e. The summed E-state index contributed by atoms with van der Waals surface area (Å²) in [6, 6.07) is 12.5. The number of fused-ring (bicyclic) bond motifs is 1. The lowest BCUT2D eigenvalue weighted by molar-refractivity contribution is 0.587. The fraction of sp³-hybridized carbons (Fsp3) is 0.188. The smallest absolute Gasteiger partial charge is 0.128 e. The Labute approximate surface area is 127 Å². The predicted octanol–water partition coefficient (Wildman–Crippen LogP) is 3.60. The normalized spacial score (nSPS) is 11.2. The van der Waals surface area contributed by atoms with Crippen LogP contribution >= 0.6 is 11.6 Å². The van der Waals surface area contributed by atoms with Gasteiger partial charge in [-0.25, -0.2) is 4.39 Å². The second kappa shape index (κ2) is 5.84.